The maximum absolute atomic E-state index is 11.6. The van der Waals surface area contributed by atoms with Crippen LogP contribution in [-0.4, -0.2) is 37.7 Å². The Morgan fingerprint density at radius 1 is 1.10 bits per heavy atom. The Kier molecular flexibility index (Phi) is 6.02. The first kappa shape index (κ1) is 16.8. The number of hydrogen-bond acceptors (Lipinski definition) is 5. The molecule has 116 valence electrons. The number of ketones is 1. The van der Waals surface area contributed by atoms with Crippen LogP contribution < -0.4 is 14.8 Å². The molecule has 1 amide bonds. The fourth-order valence-electron chi connectivity index (χ4n) is 1.37. The minimum Gasteiger partial charge on any atom is -0.497 e. The van der Waals surface area contributed by atoms with Crippen molar-refractivity contribution in [3.8, 4) is 11.5 Å². The van der Waals surface area contributed by atoms with Gasteiger partial charge >= 0.3 is 6.09 Å². The van der Waals surface area contributed by atoms with Crippen molar-refractivity contribution in [2.45, 2.75) is 26.4 Å². The summed E-state index contributed by atoms with van der Waals surface area (Å²) in [6.45, 7) is 5.00. The van der Waals surface area contributed by atoms with Gasteiger partial charge in [0.05, 0.1) is 13.7 Å². The highest BCUT2D eigenvalue weighted by Gasteiger charge is 2.16. The predicted molar refractivity (Wildman–Crippen MR) is 77.7 cm³/mol. The van der Waals surface area contributed by atoms with Gasteiger partial charge < -0.3 is 19.5 Å². The first-order valence-electron chi connectivity index (χ1n) is 6.55. The first-order chi connectivity index (χ1) is 9.80. The van der Waals surface area contributed by atoms with E-state index in [2.05, 4.69) is 5.32 Å². The van der Waals surface area contributed by atoms with E-state index in [4.69, 9.17) is 14.2 Å². The average Bonchev–Trinajstić information content (AvgIpc) is 2.41. The number of benzene rings is 1. The molecule has 0 saturated heterocycles. The third kappa shape index (κ3) is 7.20. The van der Waals surface area contributed by atoms with Crippen LogP contribution >= 0.6 is 0 Å². The molecule has 6 nitrogen and oxygen atoms in total. The number of ether oxygens (including phenoxy) is 3. The Labute approximate surface area is 124 Å². The highest BCUT2D eigenvalue weighted by molar-refractivity contribution is 5.85. The van der Waals surface area contributed by atoms with E-state index < -0.39 is 11.7 Å². The molecular formula is C15H21NO5. The third-order valence-electron chi connectivity index (χ3n) is 2.29. The van der Waals surface area contributed by atoms with Crippen molar-refractivity contribution < 1.29 is 23.8 Å². The summed E-state index contributed by atoms with van der Waals surface area (Å²) < 4.78 is 15.3. The lowest BCUT2D eigenvalue weighted by Crippen LogP contribution is -2.36. The van der Waals surface area contributed by atoms with Gasteiger partial charge in [0.15, 0.2) is 5.78 Å². The average molecular weight is 295 g/mol. The normalized spacial score (nSPS) is 10.7. The molecule has 1 aromatic carbocycles. The molecule has 0 aliphatic carbocycles. The second kappa shape index (κ2) is 7.52. The number of nitrogens with one attached hydrogen (secondary N) is 1. The molecular weight excluding hydrogens is 274 g/mol. The summed E-state index contributed by atoms with van der Waals surface area (Å²) in [5.74, 6) is 1.01. The van der Waals surface area contributed by atoms with E-state index in [1.165, 1.54) is 0 Å². The number of Topliss-reactive ketones (excluding diaryl/α,β-unsaturated/α-hetero) is 1. The van der Waals surface area contributed by atoms with Gasteiger partial charge in [0.1, 0.15) is 23.7 Å². The van der Waals surface area contributed by atoms with Gasteiger partial charge in [0.2, 0.25) is 0 Å². The highest BCUT2D eigenvalue weighted by atomic mass is 16.6. The Bertz CT molecular complexity index is 476. The molecule has 0 aliphatic heterocycles. The summed E-state index contributed by atoms with van der Waals surface area (Å²) in [7, 11) is 1.57. The summed E-state index contributed by atoms with van der Waals surface area (Å²) in [5, 5.41) is 2.38. The highest BCUT2D eigenvalue weighted by Crippen LogP contribution is 2.16. The summed E-state index contributed by atoms with van der Waals surface area (Å²) in [6.07, 6.45) is -0.625. The molecule has 0 atom stereocenters. The van der Waals surface area contributed by atoms with Crippen LogP contribution in [0.3, 0.4) is 0 Å². The van der Waals surface area contributed by atoms with Gasteiger partial charge in [-0.05, 0) is 45.0 Å². The first-order valence-corrected chi connectivity index (χ1v) is 6.55. The molecule has 0 heterocycles. The number of amides is 1. The summed E-state index contributed by atoms with van der Waals surface area (Å²) in [4.78, 5) is 23.0. The molecule has 0 fully saturated rings. The molecule has 0 bridgehead atoms. The maximum atomic E-state index is 11.6. The van der Waals surface area contributed by atoms with Gasteiger partial charge in [0, 0.05) is 0 Å². The van der Waals surface area contributed by atoms with Crippen LogP contribution in [-0.2, 0) is 9.53 Å². The number of hydrogen-bond donors (Lipinski definition) is 1. The van der Waals surface area contributed by atoms with Crippen LogP contribution in [0.5, 0.6) is 11.5 Å². The van der Waals surface area contributed by atoms with E-state index in [0.717, 1.165) is 0 Å². The van der Waals surface area contributed by atoms with Crippen LogP contribution in [0.15, 0.2) is 24.3 Å². The maximum Gasteiger partial charge on any atom is 0.408 e. The number of rotatable bonds is 6. The van der Waals surface area contributed by atoms with E-state index in [1.807, 2.05) is 0 Å². The van der Waals surface area contributed by atoms with Crippen molar-refractivity contribution in [2.24, 2.45) is 0 Å². The molecule has 1 rings (SSSR count). The Balaban J connectivity index is 2.29. The van der Waals surface area contributed by atoms with Crippen LogP contribution in [0.2, 0.25) is 0 Å². The quantitative estimate of drug-likeness (QED) is 0.870. The number of methoxy groups -OCH3 is 1. The predicted octanol–water partition coefficient (Wildman–Crippen LogP) is 2.17. The molecule has 1 N–H and O–H groups in total. The fraction of sp³-hybridized carbons (Fsp3) is 0.467. The minimum atomic E-state index is -0.625. The second-order valence-corrected chi connectivity index (χ2v) is 5.36. The zero-order valence-corrected chi connectivity index (χ0v) is 12.8. The largest absolute Gasteiger partial charge is 0.497 e. The van der Waals surface area contributed by atoms with E-state index in [1.54, 1.807) is 52.1 Å². The van der Waals surface area contributed by atoms with Crippen LogP contribution in [0.25, 0.3) is 0 Å². The van der Waals surface area contributed by atoms with Gasteiger partial charge in [-0.2, -0.15) is 0 Å². The topological polar surface area (TPSA) is 73.9 Å². The standard InChI is InChI=1S/C15H21NO5/c1-15(2,3)21-14(18)16-9-11(17)10-20-13-7-5-12(19-4)6-8-13/h5-8H,9-10H2,1-4H3,(H,16,18). The lowest BCUT2D eigenvalue weighted by Gasteiger charge is -2.19. The number of carbonyl (C=O) groups is 2. The third-order valence-corrected chi connectivity index (χ3v) is 2.29. The minimum absolute atomic E-state index is 0.123. The van der Waals surface area contributed by atoms with Gasteiger partial charge in [-0.1, -0.05) is 0 Å². The molecule has 6 heteroatoms. The summed E-state index contributed by atoms with van der Waals surface area (Å²) in [6, 6.07) is 6.87. The zero-order valence-electron chi connectivity index (χ0n) is 12.8. The van der Waals surface area contributed by atoms with Crippen molar-refractivity contribution >= 4 is 11.9 Å². The van der Waals surface area contributed by atoms with Crippen molar-refractivity contribution in [2.75, 3.05) is 20.3 Å². The molecule has 21 heavy (non-hydrogen) atoms. The SMILES string of the molecule is COc1ccc(OCC(=O)CNC(=O)OC(C)(C)C)cc1. The molecule has 0 saturated carbocycles. The fourth-order valence-corrected chi connectivity index (χ4v) is 1.37. The van der Waals surface area contributed by atoms with E-state index >= 15 is 0 Å². The molecule has 0 spiro atoms. The van der Waals surface area contributed by atoms with Gasteiger partial charge in [-0.15, -0.1) is 0 Å². The van der Waals surface area contributed by atoms with Crippen molar-refractivity contribution in [1.82, 2.24) is 5.32 Å². The molecule has 0 aromatic heterocycles. The van der Waals surface area contributed by atoms with E-state index in [9.17, 15) is 9.59 Å². The van der Waals surface area contributed by atoms with Crippen molar-refractivity contribution in [3.63, 3.8) is 0 Å². The number of alkyl carbamates (subject to hydrolysis) is 1. The van der Waals surface area contributed by atoms with Crippen LogP contribution in [0, 0.1) is 0 Å². The lowest BCUT2D eigenvalue weighted by atomic mass is 10.2. The second-order valence-electron chi connectivity index (χ2n) is 5.36. The molecule has 0 aliphatic rings. The molecule has 1 aromatic rings. The molecule has 0 unspecified atom stereocenters. The Morgan fingerprint density at radius 2 is 1.67 bits per heavy atom. The monoisotopic (exact) mass is 295 g/mol. The Morgan fingerprint density at radius 3 is 2.19 bits per heavy atom. The summed E-state index contributed by atoms with van der Waals surface area (Å²) in [5.41, 5.74) is -0.591. The van der Waals surface area contributed by atoms with Crippen LogP contribution in [0.1, 0.15) is 20.8 Å². The van der Waals surface area contributed by atoms with Gasteiger partial charge in [-0.3, -0.25) is 4.79 Å². The lowest BCUT2D eigenvalue weighted by molar-refractivity contribution is -0.120. The van der Waals surface area contributed by atoms with Crippen molar-refractivity contribution in [3.05, 3.63) is 24.3 Å². The zero-order chi connectivity index (χ0) is 15.9. The summed E-state index contributed by atoms with van der Waals surface area (Å²) >= 11 is 0. The van der Waals surface area contributed by atoms with Crippen LogP contribution in [0.4, 0.5) is 4.79 Å². The van der Waals surface area contributed by atoms with Gasteiger partial charge in [-0.25, -0.2) is 4.79 Å². The Hall–Kier alpha value is -2.24. The van der Waals surface area contributed by atoms with E-state index in [-0.39, 0.29) is 18.9 Å². The smallest absolute Gasteiger partial charge is 0.408 e. The van der Waals surface area contributed by atoms with E-state index in [0.29, 0.717) is 11.5 Å². The molecule has 0 radical (unpaired) electrons. The number of carbonyl (C=O) groups excluding carboxylic acids is 2. The van der Waals surface area contributed by atoms with Gasteiger partial charge in [0.25, 0.3) is 0 Å². The van der Waals surface area contributed by atoms with Crippen molar-refractivity contribution in [1.29, 1.82) is 0 Å².